The van der Waals surface area contributed by atoms with Gasteiger partial charge in [0, 0.05) is 29.8 Å². The predicted molar refractivity (Wildman–Crippen MR) is 87.6 cm³/mol. The van der Waals surface area contributed by atoms with E-state index in [1.807, 2.05) is 19.1 Å². The van der Waals surface area contributed by atoms with Crippen molar-refractivity contribution in [3.8, 4) is 0 Å². The minimum absolute atomic E-state index is 0.00774. The molecule has 1 heterocycles. The Bertz CT molecular complexity index is 530. The van der Waals surface area contributed by atoms with Gasteiger partial charge in [-0.05, 0) is 36.5 Å². The summed E-state index contributed by atoms with van der Waals surface area (Å²) in [4.78, 5) is 14.4. The molecular weight excluding hydrogens is 286 g/mol. The summed E-state index contributed by atoms with van der Waals surface area (Å²) in [6.07, 6.45) is 0.927. The molecule has 3 N–H and O–H groups in total. The third-order valence-corrected chi connectivity index (χ3v) is 4.47. The monoisotopic (exact) mass is 309 g/mol. The highest BCUT2D eigenvalue weighted by Gasteiger charge is 2.33. The average molecular weight is 310 g/mol. The third kappa shape index (κ3) is 4.19. The molecule has 116 valence electrons. The Balaban J connectivity index is 1.95. The van der Waals surface area contributed by atoms with Gasteiger partial charge in [0.1, 0.15) is 0 Å². The minimum atomic E-state index is -0.00774. The highest BCUT2D eigenvalue weighted by molar-refractivity contribution is 6.31. The van der Waals surface area contributed by atoms with Gasteiger partial charge in [-0.15, -0.1) is 0 Å². The van der Waals surface area contributed by atoms with Crippen LogP contribution in [0, 0.1) is 12.3 Å². The molecule has 1 amide bonds. The van der Waals surface area contributed by atoms with E-state index in [9.17, 15) is 4.79 Å². The lowest BCUT2D eigenvalue weighted by molar-refractivity contribution is -0.118. The predicted octanol–water partition coefficient (Wildman–Crippen LogP) is 2.65. The fourth-order valence-electron chi connectivity index (χ4n) is 2.74. The van der Waals surface area contributed by atoms with E-state index in [0.29, 0.717) is 11.6 Å². The molecular formula is C16H24ClN3O. The van der Waals surface area contributed by atoms with Gasteiger partial charge < -0.3 is 11.1 Å². The molecule has 0 aromatic heterocycles. The zero-order valence-electron chi connectivity index (χ0n) is 12.9. The molecule has 5 heteroatoms. The zero-order chi connectivity index (χ0) is 15.6. The van der Waals surface area contributed by atoms with E-state index in [4.69, 9.17) is 17.3 Å². The van der Waals surface area contributed by atoms with Gasteiger partial charge in [-0.2, -0.15) is 0 Å². The number of carbonyl (C=O) groups excluding carboxylic acids is 1. The van der Waals surface area contributed by atoms with E-state index in [1.54, 1.807) is 6.07 Å². The van der Waals surface area contributed by atoms with Gasteiger partial charge in [-0.3, -0.25) is 9.69 Å². The van der Waals surface area contributed by atoms with Crippen molar-refractivity contribution in [2.75, 3.05) is 25.0 Å². The number of hydrogen-bond acceptors (Lipinski definition) is 3. The molecule has 21 heavy (non-hydrogen) atoms. The summed E-state index contributed by atoms with van der Waals surface area (Å²) < 4.78 is 0. The summed E-state index contributed by atoms with van der Waals surface area (Å²) in [5.74, 6) is -0.00774. The highest BCUT2D eigenvalue weighted by Crippen LogP contribution is 2.27. The summed E-state index contributed by atoms with van der Waals surface area (Å²) in [5.41, 5.74) is 7.96. The summed E-state index contributed by atoms with van der Waals surface area (Å²) in [5, 5.41) is 3.57. The highest BCUT2D eigenvalue weighted by atomic mass is 35.5. The van der Waals surface area contributed by atoms with Crippen molar-refractivity contribution in [3.05, 3.63) is 28.8 Å². The number of hydrogen-bond donors (Lipinski definition) is 2. The van der Waals surface area contributed by atoms with Crippen LogP contribution in [-0.4, -0.2) is 36.5 Å². The van der Waals surface area contributed by atoms with Crippen LogP contribution in [-0.2, 0) is 4.79 Å². The fraction of sp³-hybridized carbons (Fsp3) is 0.562. The summed E-state index contributed by atoms with van der Waals surface area (Å²) in [6.45, 7) is 8.37. The minimum Gasteiger partial charge on any atom is -0.327 e. The molecule has 1 aromatic carbocycles. The van der Waals surface area contributed by atoms with Gasteiger partial charge in [0.2, 0.25) is 5.91 Å². The van der Waals surface area contributed by atoms with Gasteiger partial charge in [0.15, 0.2) is 0 Å². The summed E-state index contributed by atoms with van der Waals surface area (Å²) in [7, 11) is 0. The molecule has 1 saturated heterocycles. The van der Waals surface area contributed by atoms with Gasteiger partial charge in [-0.1, -0.05) is 31.5 Å². The zero-order valence-corrected chi connectivity index (χ0v) is 13.7. The molecule has 4 nitrogen and oxygen atoms in total. The maximum atomic E-state index is 12.2. The van der Waals surface area contributed by atoms with E-state index in [2.05, 4.69) is 24.1 Å². The smallest absolute Gasteiger partial charge is 0.238 e. The number of aryl methyl sites for hydroxylation is 1. The Morgan fingerprint density at radius 1 is 1.52 bits per heavy atom. The normalized spacial score (nSPS) is 22.0. The van der Waals surface area contributed by atoms with Crippen LogP contribution in [0.25, 0.3) is 0 Å². The van der Waals surface area contributed by atoms with E-state index in [1.165, 1.54) is 0 Å². The molecule has 0 spiro atoms. The van der Waals surface area contributed by atoms with Crippen LogP contribution < -0.4 is 11.1 Å². The number of benzene rings is 1. The van der Waals surface area contributed by atoms with Crippen molar-refractivity contribution in [1.29, 1.82) is 0 Å². The Hall–Kier alpha value is -1.10. The molecule has 1 aromatic rings. The lowest BCUT2D eigenvalue weighted by Gasteiger charge is -2.42. The van der Waals surface area contributed by atoms with Gasteiger partial charge >= 0.3 is 0 Å². The molecule has 0 aliphatic carbocycles. The second-order valence-electron chi connectivity index (χ2n) is 6.60. The average Bonchev–Trinajstić information content (AvgIpc) is 2.38. The summed E-state index contributed by atoms with van der Waals surface area (Å²) in [6, 6.07) is 5.71. The first kappa shape index (κ1) is 16.3. The maximum Gasteiger partial charge on any atom is 0.238 e. The number of nitrogens with one attached hydrogen (secondary N) is 1. The summed E-state index contributed by atoms with van der Waals surface area (Å²) >= 11 is 5.97. The third-order valence-electron chi connectivity index (χ3n) is 4.23. The Morgan fingerprint density at radius 3 is 2.90 bits per heavy atom. The van der Waals surface area contributed by atoms with Crippen molar-refractivity contribution in [2.24, 2.45) is 11.1 Å². The number of nitrogens with zero attached hydrogens (tertiary/aromatic N) is 1. The van der Waals surface area contributed by atoms with E-state index in [-0.39, 0.29) is 17.4 Å². The van der Waals surface area contributed by atoms with Crippen LogP contribution in [0.2, 0.25) is 5.02 Å². The first-order valence-electron chi connectivity index (χ1n) is 7.32. The lowest BCUT2D eigenvalue weighted by Crippen LogP contribution is -2.53. The SMILES string of the molecule is Cc1ccc(Cl)cc1NC(=O)CN1CCC(N)C(C)(C)C1. The first-order chi connectivity index (χ1) is 9.78. The van der Waals surface area contributed by atoms with Crippen LogP contribution in [0.5, 0.6) is 0 Å². The van der Waals surface area contributed by atoms with Crippen LogP contribution in [0.1, 0.15) is 25.8 Å². The van der Waals surface area contributed by atoms with Crippen LogP contribution >= 0.6 is 11.6 Å². The fourth-order valence-corrected chi connectivity index (χ4v) is 2.91. The number of rotatable bonds is 3. The Morgan fingerprint density at radius 2 is 2.24 bits per heavy atom. The largest absolute Gasteiger partial charge is 0.327 e. The topological polar surface area (TPSA) is 58.4 Å². The van der Waals surface area contributed by atoms with Crippen molar-refractivity contribution in [1.82, 2.24) is 4.90 Å². The quantitative estimate of drug-likeness (QED) is 0.902. The van der Waals surface area contributed by atoms with E-state index in [0.717, 1.165) is 30.8 Å². The van der Waals surface area contributed by atoms with Crippen molar-refractivity contribution in [2.45, 2.75) is 33.2 Å². The lowest BCUT2D eigenvalue weighted by atomic mass is 9.80. The number of halogens is 1. The second-order valence-corrected chi connectivity index (χ2v) is 7.04. The van der Waals surface area contributed by atoms with Crippen molar-refractivity contribution >= 4 is 23.2 Å². The van der Waals surface area contributed by atoms with Gasteiger partial charge in [0.25, 0.3) is 0 Å². The molecule has 0 bridgehead atoms. The number of nitrogens with two attached hydrogens (primary N) is 1. The Labute approximate surface area is 131 Å². The van der Waals surface area contributed by atoms with E-state index >= 15 is 0 Å². The molecule has 1 unspecified atom stereocenters. The number of carbonyl (C=O) groups is 1. The molecule has 1 atom stereocenters. The van der Waals surface area contributed by atoms with Crippen LogP contribution in [0.15, 0.2) is 18.2 Å². The van der Waals surface area contributed by atoms with Crippen molar-refractivity contribution < 1.29 is 4.79 Å². The standard InChI is InChI=1S/C16H24ClN3O/c1-11-4-5-12(17)8-13(11)19-15(21)9-20-7-6-14(18)16(2,3)10-20/h4-5,8,14H,6-7,9-10,18H2,1-3H3,(H,19,21). The number of piperidine rings is 1. The molecule has 2 rings (SSSR count). The van der Waals surface area contributed by atoms with Crippen LogP contribution in [0.3, 0.4) is 0 Å². The molecule has 1 aliphatic heterocycles. The molecule has 1 fully saturated rings. The second kappa shape index (κ2) is 6.34. The molecule has 0 saturated carbocycles. The molecule has 0 radical (unpaired) electrons. The van der Waals surface area contributed by atoms with Gasteiger partial charge in [0.05, 0.1) is 6.54 Å². The first-order valence-corrected chi connectivity index (χ1v) is 7.70. The number of anilines is 1. The number of likely N-dealkylation sites (tertiary alicyclic amines) is 1. The Kier molecular flexibility index (Phi) is 4.91. The number of amides is 1. The van der Waals surface area contributed by atoms with Crippen LogP contribution in [0.4, 0.5) is 5.69 Å². The maximum absolute atomic E-state index is 12.2. The van der Waals surface area contributed by atoms with Crippen molar-refractivity contribution in [3.63, 3.8) is 0 Å². The van der Waals surface area contributed by atoms with E-state index < -0.39 is 0 Å². The van der Waals surface area contributed by atoms with Gasteiger partial charge in [-0.25, -0.2) is 0 Å². The molecule has 1 aliphatic rings.